The van der Waals surface area contributed by atoms with Crippen molar-refractivity contribution in [2.45, 2.75) is 26.7 Å². The van der Waals surface area contributed by atoms with Crippen LogP contribution < -0.4 is 4.90 Å². The van der Waals surface area contributed by atoms with Gasteiger partial charge in [-0.1, -0.05) is 25.2 Å². The molecule has 0 aromatic carbocycles. The molecule has 0 radical (unpaired) electrons. The van der Waals surface area contributed by atoms with Gasteiger partial charge in [0.25, 0.3) is 5.91 Å². The van der Waals surface area contributed by atoms with Crippen molar-refractivity contribution in [3.63, 3.8) is 0 Å². The third-order valence-corrected chi connectivity index (χ3v) is 5.36. The van der Waals surface area contributed by atoms with Crippen molar-refractivity contribution in [2.75, 3.05) is 31.1 Å². The Bertz CT molecular complexity index is 816. The number of hydrogen-bond acceptors (Lipinski definition) is 8. The molecule has 1 amide bonds. The van der Waals surface area contributed by atoms with Gasteiger partial charge < -0.3 is 9.80 Å². The van der Waals surface area contributed by atoms with Gasteiger partial charge in [-0.2, -0.15) is 5.10 Å². The van der Waals surface area contributed by atoms with Gasteiger partial charge in [0.05, 0.1) is 21.2 Å². The number of piperazine rings is 1. The van der Waals surface area contributed by atoms with Crippen LogP contribution >= 0.6 is 11.3 Å². The summed E-state index contributed by atoms with van der Waals surface area (Å²) in [5, 5.41) is 19.2. The molecule has 0 unspecified atom stereocenters. The minimum atomic E-state index is -0.477. The fraction of sp³-hybridized carbons (Fsp3) is 0.500. The van der Waals surface area contributed by atoms with E-state index in [0.717, 1.165) is 35.6 Å². The Morgan fingerprint density at radius 1 is 1.15 bits per heavy atom. The fourth-order valence-corrected chi connectivity index (χ4v) is 3.66. The van der Waals surface area contributed by atoms with E-state index in [1.807, 2.05) is 18.7 Å². The maximum atomic E-state index is 12.5. The molecular formula is C16H20N6O3S. The first kappa shape index (κ1) is 18.2. The number of aryl methyl sites for hydroxylation is 2. The predicted octanol–water partition coefficient (Wildman–Crippen LogP) is 1.93. The molecular weight excluding hydrogens is 356 g/mol. The maximum absolute atomic E-state index is 12.5. The monoisotopic (exact) mass is 376 g/mol. The average Bonchev–Trinajstić information content (AvgIpc) is 3.17. The Morgan fingerprint density at radius 2 is 1.85 bits per heavy atom. The van der Waals surface area contributed by atoms with Gasteiger partial charge in [0.1, 0.15) is 0 Å². The lowest BCUT2D eigenvalue weighted by atomic mass is 10.2. The molecule has 0 saturated carbocycles. The molecule has 1 aliphatic rings. The molecule has 1 aliphatic heterocycles. The van der Waals surface area contributed by atoms with Crippen LogP contribution in [-0.2, 0) is 12.8 Å². The predicted molar refractivity (Wildman–Crippen MR) is 97.7 cm³/mol. The molecule has 10 heteroatoms. The highest BCUT2D eigenvalue weighted by Gasteiger charge is 2.26. The number of carbonyl (C=O) groups is 1. The number of anilines is 1. The summed E-state index contributed by atoms with van der Waals surface area (Å²) in [6.07, 6.45) is 1.61. The molecule has 0 N–H and O–H groups in total. The second kappa shape index (κ2) is 7.73. The Balaban J connectivity index is 1.65. The molecule has 1 saturated heterocycles. The van der Waals surface area contributed by atoms with E-state index in [2.05, 4.69) is 15.2 Å². The summed E-state index contributed by atoms with van der Waals surface area (Å²) in [5.41, 5.74) is 1.88. The summed E-state index contributed by atoms with van der Waals surface area (Å²) in [7, 11) is 0. The lowest BCUT2D eigenvalue weighted by molar-refractivity contribution is -0.380. The van der Waals surface area contributed by atoms with Crippen molar-refractivity contribution in [1.29, 1.82) is 0 Å². The first-order valence-electron chi connectivity index (χ1n) is 8.54. The third-order valence-electron chi connectivity index (χ3n) is 4.33. The van der Waals surface area contributed by atoms with Gasteiger partial charge in [-0.15, -0.1) is 5.10 Å². The van der Waals surface area contributed by atoms with E-state index in [1.165, 1.54) is 12.1 Å². The fourth-order valence-electron chi connectivity index (χ4n) is 2.87. The Hall–Kier alpha value is -2.62. The van der Waals surface area contributed by atoms with Crippen LogP contribution in [0.4, 0.5) is 10.9 Å². The summed E-state index contributed by atoms with van der Waals surface area (Å²) in [6, 6.07) is 2.89. The Kier molecular flexibility index (Phi) is 5.40. The van der Waals surface area contributed by atoms with E-state index in [0.29, 0.717) is 37.0 Å². The summed E-state index contributed by atoms with van der Waals surface area (Å²) in [6.45, 7) is 6.33. The van der Waals surface area contributed by atoms with E-state index in [4.69, 9.17) is 0 Å². The highest BCUT2D eigenvalue weighted by molar-refractivity contribution is 7.17. The summed E-state index contributed by atoms with van der Waals surface area (Å²) in [5.74, 6) is 0.426. The first-order valence-corrected chi connectivity index (χ1v) is 9.36. The molecule has 2 aromatic heterocycles. The van der Waals surface area contributed by atoms with Crippen LogP contribution in [0.3, 0.4) is 0 Å². The lowest BCUT2D eigenvalue weighted by Crippen LogP contribution is -2.49. The molecule has 9 nitrogen and oxygen atoms in total. The topological polar surface area (TPSA) is 105 Å². The van der Waals surface area contributed by atoms with Crippen LogP contribution in [0.5, 0.6) is 0 Å². The normalized spacial score (nSPS) is 14.5. The van der Waals surface area contributed by atoms with Gasteiger partial charge in [-0.3, -0.25) is 14.9 Å². The second-order valence-corrected chi connectivity index (χ2v) is 6.95. The van der Waals surface area contributed by atoms with E-state index < -0.39 is 4.92 Å². The quantitative estimate of drug-likeness (QED) is 0.580. The molecule has 0 atom stereocenters. The van der Waals surface area contributed by atoms with Gasteiger partial charge in [0.15, 0.2) is 0 Å². The van der Waals surface area contributed by atoms with Gasteiger partial charge in [0, 0.05) is 32.2 Å². The molecule has 0 bridgehead atoms. The third kappa shape index (κ3) is 3.64. The number of hydrogen-bond donors (Lipinski definition) is 0. The van der Waals surface area contributed by atoms with Crippen molar-refractivity contribution in [3.8, 4) is 0 Å². The van der Waals surface area contributed by atoms with Crippen LogP contribution in [0.2, 0.25) is 0 Å². The molecule has 3 heterocycles. The zero-order chi connectivity index (χ0) is 18.7. The lowest BCUT2D eigenvalue weighted by Gasteiger charge is -2.34. The number of amides is 1. The molecule has 138 valence electrons. The molecule has 0 spiro atoms. The van der Waals surface area contributed by atoms with Gasteiger partial charge in [-0.25, -0.2) is 4.98 Å². The number of thiophene rings is 1. The second-order valence-electron chi connectivity index (χ2n) is 5.89. The number of carbonyl (C=O) groups excluding carboxylic acids is 1. The highest BCUT2D eigenvalue weighted by atomic mass is 32.1. The highest BCUT2D eigenvalue weighted by Crippen LogP contribution is 2.25. The smallest absolute Gasteiger partial charge is 0.324 e. The molecule has 1 fully saturated rings. The van der Waals surface area contributed by atoms with Crippen LogP contribution in [0.15, 0.2) is 12.1 Å². The number of aromatic nitrogens is 3. The van der Waals surface area contributed by atoms with Gasteiger partial charge in [-0.05, 0) is 18.9 Å². The van der Waals surface area contributed by atoms with E-state index in [9.17, 15) is 14.9 Å². The van der Waals surface area contributed by atoms with Gasteiger partial charge >= 0.3 is 5.00 Å². The number of nitro groups is 1. The SMILES string of the molecule is CCc1nnc(N2CCN(C(=O)c3ccc([N+](=O)[O-])s3)CC2)nc1CC. The summed E-state index contributed by atoms with van der Waals surface area (Å²) >= 11 is 0.910. The number of rotatable bonds is 5. The Labute approximate surface area is 154 Å². The molecule has 0 aliphatic carbocycles. The van der Waals surface area contributed by atoms with Gasteiger partial charge in [0.2, 0.25) is 5.95 Å². The van der Waals surface area contributed by atoms with Crippen LogP contribution in [0, 0.1) is 10.1 Å². The van der Waals surface area contributed by atoms with Crippen molar-refractivity contribution >= 4 is 28.2 Å². The zero-order valence-electron chi connectivity index (χ0n) is 14.7. The maximum Gasteiger partial charge on any atom is 0.324 e. The van der Waals surface area contributed by atoms with Crippen LogP contribution in [0.25, 0.3) is 0 Å². The molecule has 2 aromatic rings. The van der Waals surface area contributed by atoms with Crippen molar-refractivity contribution in [1.82, 2.24) is 20.1 Å². The molecule has 3 rings (SSSR count). The molecule has 26 heavy (non-hydrogen) atoms. The number of nitrogens with zero attached hydrogens (tertiary/aromatic N) is 6. The van der Waals surface area contributed by atoms with Crippen LogP contribution in [0.1, 0.15) is 34.9 Å². The van der Waals surface area contributed by atoms with E-state index in [1.54, 1.807) is 4.90 Å². The van der Waals surface area contributed by atoms with Crippen molar-refractivity contribution in [2.24, 2.45) is 0 Å². The average molecular weight is 376 g/mol. The van der Waals surface area contributed by atoms with Crippen molar-refractivity contribution < 1.29 is 9.72 Å². The minimum absolute atomic E-state index is 0.0189. The Morgan fingerprint density at radius 3 is 2.42 bits per heavy atom. The van der Waals surface area contributed by atoms with E-state index in [-0.39, 0.29) is 10.9 Å². The van der Waals surface area contributed by atoms with Crippen LogP contribution in [-0.4, -0.2) is 57.1 Å². The standard InChI is InChI=1S/C16H20N6O3S/c1-3-11-12(4-2)18-19-16(17-11)21-9-7-20(8-10-21)15(23)13-5-6-14(26-13)22(24)25/h5-6H,3-4,7-10H2,1-2H3. The minimum Gasteiger partial charge on any atom is -0.336 e. The van der Waals surface area contributed by atoms with Crippen molar-refractivity contribution in [3.05, 3.63) is 38.5 Å². The first-order chi connectivity index (χ1) is 12.5. The summed E-state index contributed by atoms with van der Waals surface area (Å²) < 4.78 is 0. The zero-order valence-corrected chi connectivity index (χ0v) is 15.5. The summed E-state index contributed by atoms with van der Waals surface area (Å²) in [4.78, 5) is 31.5. The largest absolute Gasteiger partial charge is 0.336 e. The van der Waals surface area contributed by atoms with E-state index >= 15 is 0 Å².